The summed E-state index contributed by atoms with van der Waals surface area (Å²) in [5, 5.41) is 0. The molecule has 1 aliphatic heterocycles. The van der Waals surface area contributed by atoms with E-state index >= 15 is 0 Å². The molecule has 1 heterocycles. The highest BCUT2D eigenvalue weighted by molar-refractivity contribution is 5.65. The minimum absolute atomic E-state index is 0.107. The summed E-state index contributed by atoms with van der Waals surface area (Å²) in [5.41, 5.74) is 2.48. The number of aryl methyl sites for hydroxylation is 1. The molecule has 4 nitrogen and oxygen atoms in total. The summed E-state index contributed by atoms with van der Waals surface area (Å²) in [6.07, 6.45) is 1.82. The lowest BCUT2D eigenvalue weighted by atomic mass is 9.76. The molecule has 0 aromatic heterocycles. The molecule has 1 aliphatic rings. The number of carbonyl (C=O) groups excluding carboxylic acids is 1. The van der Waals surface area contributed by atoms with Crippen molar-refractivity contribution < 1.29 is 19.0 Å². The maximum absolute atomic E-state index is 11.5. The smallest absolute Gasteiger partial charge is 0.302 e. The molecule has 0 saturated carbocycles. The normalized spacial score (nSPS) is 26.9. The molecular formula is C27H36O4. The third kappa shape index (κ3) is 6.65. The van der Waals surface area contributed by atoms with Crippen LogP contribution in [0.25, 0.3) is 0 Å². The van der Waals surface area contributed by atoms with Gasteiger partial charge in [0.1, 0.15) is 12.7 Å². The Morgan fingerprint density at radius 1 is 0.968 bits per heavy atom. The van der Waals surface area contributed by atoms with Gasteiger partial charge in [0.15, 0.2) is 0 Å². The third-order valence-corrected chi connectivity index (χ3v) is 6.59. The average Bonchev–Trinajstić information content (AvgIpc) is 2.78. The zero-order chi connectivity index (χ0) is 22.2. The molecule has 168 valence electrons. The van der Waals surface area contributed by atoms with Gasteiger partial charge >= 0.3 is 5.97 Å². The number of esters is 1. The molecule has 3 rings (SSSR count). The zero-order valence-corrected chi connectivity index (χ0v) is 19.2. The Labute approximate surface area is 186 Å². The van der Waals surface area contributed by atoms with E-state index in [0.29, 0.717) is 24.4 Å². The van der Waals surface area contributed by atoms with Crippen LogP contribution in [0.4, 0.5) is 0 Å². The van der Waals surface area contributed by atoms with Crippen LogP contribution in [0.3, 0.4) is 0 Å². The van der Waals surface area contributed by atoms with Crippen LogP contribution in [0.1, 0.15) is 45.2 Å². The van der Waals surface area contributed by atoms with Crippen molar-refractivity contribution in [3.05, 3.63) is 71.8 Å². The molecule has 1 fully saturated rings. The van der Waals surface area contributed by atoms with Gasteiger partial charge in [0.25, 0.3) is 0 Å². The van der Waals surface area contributed by atoms with Crippen LogP contribution in [-0.4, -0.2) is 30.9 Å². The maximum Gasteiger partial charge on any atom is 0.302 e. The Morgan fingerprint density at radius 3 is 2.19 bits per heavy atom. The Morgan fingerprint density at radius 2 is 1.58 bits per heavy atom. The zero-order valence-electron chi connectivity index (χ0n) is 19.2. The van der Waals surface area contributed by atoms with Crippen molar-refractivity contribution in [2.75, 3.05) is 6.61 Å². The summed E-state index contributed by atoms with van der Waals surface area (Å²) >= 11 is 0. The van der Waals surface area contributed by atoms with Gasteiger partial charge in [-0.2, -0.15) is 0 Å². The van der Waals surface area contributed by atoms with E-state index in [1.54, 1.807) is 0 Å². The van der Waals surface area contributed by atoms with Crippen molar-refractivity contribution in [2.24, 2.45) is 17.8 Å². The van der Waals surface area contributed by atoms with E-state index in [4.69, 9.17) is 14.2 Å². The fraction of sp³-hybridized carbons (Fsp3) is 0.519. The van der Waals surface area contributed by atoms with Crippen molar-refractivity contribution in [2.45, 2.75) is 65.5 Å². The van der Waals surface area contributed by atoms with Crippen LogP contribution in [0, 0.1) is 17.8 Å². The summed E-state index contributed by atoms with van der Waals surface area (Å²) in [7, 11) is 0. The van der Waals surface area contributed by atoms with E-state index in [2.05, 4.69) is 63.2 Å². The minimum Gasteiger partial charge on any atom is -0.463 e. The second kappa shape index (κ2) is 11.4. The predicted octanol–water partition coefficient (Wildman–Crippen LogP) is 5.44. The predicted molar refractivity (Wildman–Crippen MR) is 123 cm³/mol. The molecule has 0 aliphatic carbocycles. The maximum atomic E-state index is 11.5. The first-order valence-electron chi connectivity index (χ1n) is 11.4. The second-order valence-corrected chi connectivity index (χ2v) is 8.92. The van der Waals surface area contributed by atoms with Crippen molar-refractivity contribution >= 4 is 5.97 Å². The van der Waals surface area contributed by atoms with Gasteiger partial charge in [0.05, 0.1) is 18.8 Å². The van der Waals surface area contributed by atoms with Crippen LogP contribution < -0.4 is 0 Å². The molecule has 0 bridgehead atoms. The molecule has 1 saturated heterocycles. The lowest BCUT2D eigenvalue weighted by Crippen LogP contribution is -2.54. The molecule has 0 spiro atoms. The van der Waals surface area contributed by atoms with E-state index in [1.165, 1.54) is 12.5 Å². The topological polar surface area (TPSA) is 44.8 Å². The monoisotopic (exact) mass is 424 g/mol. The van der Waals surface area contributed by atoms with Gasteiger partial charge < -0.3 is 14.2 Å². The number of hydrogen-bond acceptors (Lipinski definition) is 4. The van der Waals surface area contributed by atoms with Gasteiger partial charge in [-0.05, 0) is 41.7 Å². The number of carbonyl (C=O) groups is 1. The Balaban J connectivity index is 1.66. The summed E-state index contributed by atoms with van der Waals surface area (Å²) in [4.78, 5) is 11.5. The van der Waals surface area contributed by atoms with Crippen molar-refractivity contribution in [3.8, 4) is 0 Å². The highest BCUT2D eigenvalue weighted by Crippen LogP contribution is 2.37. The van der Waals surface area contributed by atoms with E-state index in [0.717, 1.165) is 18.4 Å². The van der Waals surface area contributed by atoms with Gasteiger partial charge in [-0.1, -0.05) is 81.4 Å². The SMILES string of the molecule is CC(=O)OC[C@@H]1OC([C@H](C)CCc2ccccc2)[C@@H](C)[C@H](C)C1OCc1ccccc1. The average molecular weight is 425 g/mol. The van der Waals surface area contributed by atoms with Crippen LogP contribution in [0.15, 0.2) is 60.7 Å². The summed E-state index contributed by atoms with van der Waals surface area (Å²) in [5.74, 6) is 0.750. The first kappa shape index (κ1) is 23.5. The van der Waals surface area contributed by atoms with Crippen LogP contribution >= 0.6 is 0 Å². The molecule has 2 unspecified atom stereocenters. The van der Waals surface area contributed by atoms with Gasteiger partial charge in [0, 0.05) is 6.92 Å². The number of rotatable bonds is 9. The summed E-state index contributed by atoms with van der Waals surface area (Å²) in [6, 6.07) is 20.7. The summed E-state index contributed by atoms with van der Waals surface area (Å²) < 4.78 is 18.3. The van der Waals surface area contributed by atoms with E-state index in [9.17, 15) is 4.79 Å². The molecule has 6 atom stereocenters. The van der Waals surface area contributed by atoms with E-state index in [-0.39, 0.29) is 30.9 Å². The fourth-order valence-electron chi connectivity index (χ4n) is 4.56. The highest BCUT2D eigenvalue weighted by atomic mass is 16.6. The standard InChI is InChI=1S/C27H36O4/c1-19(15-16-23-11-7-5-8-12-23)26-20(2)21(3)27(25(31-26)18-29-22(4)28)30-17-24-13-9-6-10-14-24/h5-14,19-21,25-27H,15-18H2,1-4H3/t19-,20+,21+,25+,26?,27?/m1/s1. The Bertz CT molecular complexity index is 791. The Hall–Kier alpha value is -2.17. The third-order valence-electron chi connectivity index (χ3n) is 6.59. The number of ether oxygens (including phenoxy) is 3. The quantitative estimate of drug-likeness (QED) is 0.503. The number of benzene rings is 2. The molecule has 2 aromatic carbocycles. The van der Waals surface area contributed by atoms with Gasteiger partial charge in [0.2, 0.25) is 0 Å². The minimum atomic E-state index is -0.287. The largest absolute Gasteiger partial charge is 0.463 e. The molecule has 31 heavy (non-hydrogen) atoms. The fourth-order valence-corrected chi connectivity index (χ4v) is 4.56. The lowest BCUT2D eigenvalue weighted by Gasteiger charge is -2.46. The van der Waals surface area contributed by atoms with Gasteiger partial charge in [-0.3, -0.25) is 4.79 Å². The van der Waals surface area contributed by atoms with Crippen LogP contribution in [0.2, 0.25) is 0 Å². The molecule has 0 radical (unpaired) electrons. The van der Waals surface area contributed by atoms with Gasteiger partial charge in [-0.25, -0.2) is 0 Å². The first-order chi connectivity index (χ1) is 15.0. The second-order valence-electron chi connectivity index (χ2n) is 8.92. The summed E-state index contributed by atoms with van der Waals surface area (Å²) in [6.45, 7) is 8.96. The Kier molecular flexibility index (Phi) is 8.68. The van der Waals surface area contributed by atoms with Crippen molar-refractivity contribution in [1.29, 1.82) is 0 Å². The number of hydrogen-bond donors (Lipinski definition) is 0. The molecule has 0 N–H and O–H groups in total. The highest BCUT2D eigenvalue weighted by Gasteiger charge is 2.44. The molecule has 2 aromatic rings. The van der Waals surface area contributed by atoms with Crippen molar-refractivity contribution in [1.82, 2.24) is 0 Å². The molecule has 0 amide bonds. The van der Waals surface area contributed by atoms with E-state index in [1.807, 2.05) is 18.2 Å². The van der Waals surface area contributed by atoms with Crippen molar-refractivity contribution in [3.63, 3.8) is 0 Å². The van der Waals surface area contributed by atoms with Crippen LogP contribution in [-0.2, 0) is 32.0 Å². The first-order valence-corrected chi connectivity index (χ1v) is 11.4. The molecular weight excluding hydrogens is 388 g/mol. The molecule has 4 heteroatoms. The lowest BCUT2D eigenvalue weighted by molar-refractivity contribution is -0.216. The van der Waals surface area contributed by atoms with Crippen LogP contribution in [0.5, 0.6) is 0 Å². The van der Waals surface area contributed by atoms with Gasteiger partial charge in [-0.15, -0.1) is 0 Å². The van der Waals surface area contributed by atoms with E-state index < -0.39 is 0 Å².